The molecule has 0 aliphatic heterocycles. The van der Waals surface area contributed by atoms with Crippen molar-refractivity contribution in [2.75, 3.05) is 25.6 Å². The third kappa shape index (κ3) is 2.70. The fourth-order valence-corrected chi connectivity index (χ4v) is 2.68. The molecule has 0 aliphatic carbocycles. The minimum absolute atomic E-state index is 0.678. The van der Waals surface area contributed by atoms with Gasteiger partial charge < -0.3 is 10.1 Å². The summed E-state index contributed by atoms with van der Waals surface area (Å²) in [4.78, 5) is 0. The second-order valence-electron chi connectivity index (χ2n) is 5.52. The summed E-state index contributed by atoms with van der Waals surface area (Å²) < 4.78 is 9.46. The van der Waals surface area contributed by atoms with Gasteiger partial charge in [0.1, 0.15) is 0 Å². The monoisotopic (exact) mass is 296 g/mol. The predicted octanol–water partition coefficient (Wildman–Crippen LogP) is 2.87. The molecule has 4 heteroatoms. The lowest BCUT2D eigenvalue weighted by molar-refractivity contribution is -0.617. The van der Waals surface area contributed by atoms with E-state index in [1.807, 2.05) is 0 Å². The predicted molar refractivity (Wildman–Crippen MR) is 88.3 cm³/mol. The number of methoxy groups -OCH3 is 1. The number of nitrogens with one attached hydrogen (secondary N) is 1. The number of ether oxygens (including phenoxy) is 1. The topological polar surface area (TPSA) is 29.8 Å². The van der Waals surface area contributed by atoms with E-state index >= 15 is 0 Å². The zero-order valence-corrected chi connectivity index (χ0v) is 13.3. The van der Waals surface area contributed by atoms with Gasteiger partial charge in [0.2, 0.25) is 12.4 Å². The first-order valence-electron chi connectivity index (χ1n) is 7.53. The van der Waals surface area contributed by atoms with Crippen molar-refractivity contribution >= 4 is 5.82 Å². The minimum atomic E-state index is 0.678. The highest BCUT2D eigenvalue weighted by molar-refractivity contribution is 5.74. The molecular formula is C18H22N3O+. The van der Waals surface area contributed by atoms with E-state index < -0.39 is 0 Å². The Morgan fingerprint density at radius 2 is 1.91 bits per heavy atom. The van der Waals surface area contributed by atoms with Gasteiger partial charge in [-0.25, -0.2) is 0 Å². The fourth-order valence-electron chi connectivity index (χ4n) is 2.68. The number of hydrogen-bond acceptors (Lipinski definition) is 2. The second kappa shape index (κ2) is 6.20. The maximum Gasteiger partial charge on any atom is 0.212 e. The molecule has 1 aromatic carbocycles. The SMILES string of the molecule is COCCNc1c(-c2ccc(C)cc2)c[n+]2cccc(C)n12. The molecule has 0 atom stereocenters. The molecule has 3 aromatic rings. The molecule has 4 nitrogen and oxygen atoms in total. The molecule has 3 rings (SSSR count). The second-order valence-corrected chi connectivity index (χ2v) is 5.52. The van der Waals surface area contributed by atoms with Crippen molar-refractivity contribution in [3.05, 3.63) is 60.0 Å². The summed E-state index contributed by atoms with van der Waals surface area (Å²) >= 11 is 0. The quantitative estimate of drug-likeness (QED) is 0.579. The largest absolute Gasteiger partial charge is 0.383 e. The van der Waals surface area contributed by atoms with Gasteiger partial charge in [-0.15, -0.1) is 4.52 Å². The average Bonchev–Trinajstić information content (AvgIpc) is 2.88. The van der Waals surface area contributed by atoms with Gasteiger partial charge in [0.25, 0.3) is 0 Å². The summed E-state index contributed by atoms with van der Waals surface area (Å²) in [5.74, 6) is 1.10. The summed E-state index contributed by atoms with van der Waals surface area (Å²) in [5, 5.41) is 3.51. The van der Waals surface area contributed by atoms with E-state index in [4.69, 9.17) is 4.74 Å². The third-order valence-electron chi connectivity index (χ3n) is 3.83. The number of fused-ring (bicyclic) bond motifs is 1. The van der Waals surface area contributed by atoms with Crippen LogP contribution in [0.5, 0.6) is 0 Å². The number of benzene rings is 1. The van der Waals surface area contributed by atoms with Crippen LogP contribution in [0.4, 0.5) is 5.82 Å². The fraction of sp³-hybridized carbons (Fsp3) is 0.278. The van der Waals surface area contributed by atoms with Crippen LogP contribution >= 0.6 is 0 Å². The average molecular weight is 296 g/mol. The standard InChI is InChI=1S/C18H21N3O/c1-14-6-8-16(9-7-14)17-13-20-11-4-5-15(2)21(20)18(17)19-10-12-22-3/h4-9,11,13H,10,12H2,1-3H3/p+1. The normalized spacial score (nSPS) is 11.0. The van der Waals surface area contributed by atoms with Crippen molar-refractivity contribution in [3.8, 4) is 11.1 Å². The molecule has 114 valence electrons. The van der Waals surface area contributed by atoms with E-state index in [1.54, 1.807) is 7.11 Å². The van der Waals surface area contributed by atoms with E-state index in [2.05, 4.69) is 77.0 Å². The number of nitrogens with zero attached hydrogens (tertiary/aromatic N) is 2. The molecule has 2 aromatic heterocycles. The van der Waals surface area contributed by atoms with Gasteiger partial charge >= 0.3 is 0 Å². The highest BCUT2D eigenvalue weighted by Gasteiger charge is 2.19. The van der Waals surface area contributed by atoms with Crippen LogP contribution in [0.15, 0.2) is 48.8 Å². The molecule has 2 heterocycles. The lowest BCUT2D eigenvalue weighted by atomic mass is 10.1. The van der Waals surface area contributed by atoms with Gasteiger partial charge in [0.05, 0.1) is 17.9 Å². The Morgan fingerprint density at radius 1 is 1.14 bits per heavy atom. The van der Waals surface area contributed by atoms with Crippen LogP contribution in [0, 0.1) is 13.8 Å². The summed E-state index contributed by atoms with van der Waals surface area (Å²) in [6.07, 6.45) is 4.22. The van der Waals surface area contributed by atoms with Crippen molar-refractivity contribution in [2.45, 2.75) is 13.8 Å². The maximum absolute atomic E-state index is 5.17. The molecule has 0 fully saturated rings. The number of aryl methyl sites for hydroxylation is 2. The first kappa shape index (κ1) is 14.6. The Kier molecular flexibility index (Phi) is 4.11. The molecule has 0 radical (unpaired) electrons. The first-order chi connectivity index (χ1) is 10.7. The van der Waals surface area contributed by atoms with Gasteiger partial charge in [-0.05, 0) is 25.5 Å². The highest BCUT2D eigenvalue weighted by Crippen LogP contribution is 2.27. The molecule has 1 N–H and O–H groups in total. The number of aromatic nitrogens is 2. The molecule has 0 spiro atoms. The van der Waals surface area contributed by atoms with Crippen LogP contribution in [0.1, 0.15) is 11.3 Å². The Labute approximate surface area is 131 Å². The van der Waals surface area contributed by atoms with Crippen molar-refractivity contribution in [1.82, 2.24) is 4.52 Å². The molecule has 0 amide bonds. The van der Waals surface area contributed by atoms with E-state index in [-0.39, 0.29) is 0 Å². The molecule has 0 aliphatic rings. The summed E-state index contributed by atoms with van der Waals surface area (Å²) in [6, 6.07) is 12.8. The van der Waals surface area contributed by atoms with Gasteiger partial charge in [-0.2, -0.15) is 0 Å². The van der Waals surface area contributed by atoms with Gasteiger partial charge in [-0.3, -0.25) is 0 Å². The van der Waals surface area contributed by atoms with Crippen molar-refractivity contribution < 1.29 is 9.25 Å². The van der Waals surface area contributed by atoms with Gasteiger partial charge in [-0.1, -0.05) is 34.3 Å². The lowest BCUT2D eigenvalue weighted by Gasteiger charge is -2.07. The van der Waals surface area contributed by atoms with Crippen LogP contribution < -0.4 is 9.83 Å². The molecule has 0 bridgehead atoms. The lowest BCUT2D eigenvalue weighted by Crippen LogP contribution is -2.29. The van der Waals surface area contributed by atoms with Gasteiger partial charge in [0.15, 0.2) is 5.82 Å². The Bertz CT molecular complexity index is 775. The van der Waals surface area contributed by atoms with E-state index in [0.29, 0.717) is 6.61 Å². The Morgan fingerprint density at radius 3 is 2.64 bits per heavy atom. The van der Waals surface area contributed by atoms with E-state index in [9.17, 15) is 0 Å². The van der Waals surface area contributed by atoms with Crippen LogP contribution in [0.3, 0.4) is 0 Å². The minimum Gasteiger partial charge on any atom is -0.383 e. The van der Waals surface area contributed by atoms with E-state index in [0.717, 1.165) is 12.4 Å². The van der Waals surface area contributed by atoms with Crippen molar-refractivity contribution in [2.24, 2.45) is 0 Å². The first-order valence-corrected chi connectivity index (χ1v) is 7.53. The van der Waals surface area contributed by atoms with Crippen molar-refractivity contribution in [1.29, 1.82) is 0 Å². The summed E-state index contributed by atoms with van der Waals surface area (Å²) in [7, 11) is 1.72. The Hall–Kier alpha value is -2.33. The number of hydrogen-bond donors (Lipinski definition) is 1. The van der Waals surface area contributed by atoms with Crippen LogP contribution in [0.2, 0.25) is 0 Å². The van der Waals surface area contributed by atoms with Crippen LogP contribution in [0.25, 0.3) is 11.1 Å². The number of anilines is 1. The molecule has 0 saturated carbocycles. The third-order valence-corrected chi connectivity index (χ3v) is 3.83. The zero-order valence-electron chi connectivity index (χ0n) is 13.3. The summed E-state index contributed by atoms with van der Waals surface area (Å²) in [5.41, 5.74) is 4.85. The Balaban J connectivity index is 2.13. The molecule has 0 saturated heterocycles. The zero-order chi connectivity index (χ0) is 15.5. The van der Waals surface area contributed by atoms with Crippen LogP contribution in [-0.2, 0) is 4.74 Å². The molecule has 0 unspecified atom stereocenters. The summed E-state index contributed by atoms with van der Waals surface area (Å²) in [6.45, 7) is 5.67. The van der Waals surface area contributed by atoms with Crippen molar-refractivity contribution in [3.63, 3.8) is 0 Å². The van der Waals surface area contributed by atoms with Gasteiger partial charge in [0, 0.05) is 19.7 Å². The molecular weight excluding hydrogens is 274 g/mol. The number of rotatable bonds is 5. The smallest absolute Gasteiger partial charge is 0.212 e. The highest BCUT2D eigenvalue weighted by atomic mass is 16.5. The van der Waals surface area contributed by atoms with Crippen LogP contribution in [-0.4, -0.2) is 24.8 Å². The maximum atomic E-state index is 5.17. The van der Waals surface area contributed by atoms with E-state index in [1.165, 1.54) is 22.4 Å². The molecule has 22 heavy (non-hydrogen) atoms.